The summed E-state index contributed by atoms with van der Waals surface area (Å²) in [5.74, 6) is -1.31. The molecule has 0 N–H and O–H groups in total. The maximum Gasteiger partial charge on any atom is 0.331 e. The summed E-state index contributed by atoms with van der Waals surface area (Å²) in [7, 11) is 3.79. The molecular formula is C26H22F2N8O2. The van der Waals surface area contributed by atoms with Crippen LogP contribution < -0.4 is 10.4 Å². The predicted octanol–water partition coefficient (Wildman–Crippen LogP) is 3.69. The fourth-order valence-electron chi connectivity index (χ4n) is 4.87. The number of imidazole rings is 2. The quantitative estimate of drug-likeness (QED) is 0.331. The van der Waals surface area contributed by atoms with E-state index >= 15 is 4.39 Å². The number of hydrogen-bond acceptors (Lipinski definition) is 6. The molecule has 6 rings (SSSR count). The van der Waals surface area contributed by atoms with Crippen molar-refractivity contribution in [2.24, 2.45) is 0 Å². The molecule has 0 spiro atoms. The average Bonchev–Trinajstić information content (AvgIpc) is 3.46. The Hall–Kier alpha value is -4.63. The Balaban J connectivity index is 1.60. The standard InChI is InChI=1S/C26H22F2N8O2/c1-29-15-4-7-18-20(12-15)35(14-31-18)25-30-13-21-24(32-25)36(26(37)34(21)10-9-33(2)3)19-8-11-38-23-17(28)6-5-16(27)22(19)23/h4-7,12-14,19H,8-11H2,2-3H3/t19-/m1/s1. The molecule has 0 amide bonds. The largest absolute Gasteiger partial charge is 0.490 e. The minimum atomic E-state index is -0.832. The first-order valence-electron chi connectivity index (χ1n) is 12.0. The number of ether oxygens (including phenoxy) is 1. The summed E-state index contributed by atoms with van der Waals surface area (Å²) < 4.78 is 39.7. The van der Waals surface area contributed by atoms with Crippen LogP contribution >= 0.6 is 0 Å². The molecule has 38 heavy (non-hydrogen) atoms. The zero-order chi connectivity index (χ0) is 26.6. The topological polar surface area (TPSA) is 87.4 Å². The van der Waals surface area contributed by atoms with Crippen molar-refractivity contribution in [2.75, 3.05) is 27.2 Å². The summed E-state index contributed by atoms with van der Waals surface area (Å²) in [6.07, 6.45) is 3.35. The molecule has 1 aliphatic heterocycles. The molecule has 12 heteroatoms. The van der Waals surface area contributed by atoms with Crippen LogP contribution in [0.3, 0.4) is 0 Å². The molecule has 5 aromatic rings. The van der Waals surface area contributed by atoms with Crippen LogP contribution in [0.15, 0.2) is 47.7 Å². The molecule has 0 aliphatic carbocycles. The minimum absolute atomic E-state index is 0.0139. The van der Waals surface area contributed by atoms with E-state index in [2.05, 4.69) is 14.8 Å². The SMILES string of the molecule is [C-]#[N+]c1ccc2ncn(-c3ncc4c(n3)n([C@@H]3CCOc5c(F)ccc(F)c53)c(=O)n4CCN(C)C)c2c1. The smallest absolute Gasteiger partial charge is 0.331 e. The van der Waals surface area contributed by atoms with Crippen LogP contribution in [0, 0.1) is 18.2 Å². The van der Waals surface area contributed by atoms with Gasteiger partial charge in [-0.3, -0.25) is 13.7 Å². The molecule has 0 saturated heterocycles. The number of likely N-dealkylation sites (N-methyl/N-ethyl adjacent to an activating group) is 1. The minimum Gasteiger partial charge on any atom is -0.490 e. The highest BCUT2D eigenvalue weighted by molar-refractivity contribution is 5.81. The Morgan fingerprint density at radius 1 is 1.16 bits per heavy atom. The van der Waals surface area contributed by atoms with Crippen molar-refractivity contribution in [2.45, 2.75) is 19.0 Å². The Kier molecular flexibility index (Phi) is 5.65. The first kappa shape index (κ1) is 23.7. The van der Waals surface area contributed by atoms with E-state index in [1.54, 1.807) is 39.9 Å². The second kappa shape index (κ2) is 9.04. The fraction of sp³-hybridized carbons (Fsp3) is 0.269. The molecule has 0 saturated carbocycles. The lowest BCUT2D eigenvalue weighted by molar-refractivity contribution is 0.237. The summed E-state index contributed by atoms with van der Waals surface area (Å²) in [6, 6.07) is 6.32. The summed E-state index contributed by atoms with van der Waals surface area (Å²) >= 11 is 0. The van der Waals surface area contributed by atoms with Crippen LogP contribution in [-0.2, 0) is 6.54 Å². The van der Waals surface area contributed by atoms with E-state index < -0.39 is 23.4 Å². The number of rotatable bonds is 5. The van der Waals surface area contributed by atoms with Crippen molar-refractivity contribution in [1.29, 1.82) is 0 Å². The van der Waals surface area contributed by atoms with Crippen molar-refractivity contribution in [3.63, 3.8) is 0 Å². The lowest BCUT2D eigenvalue weighted by atomic mass is 9.99. The van der Waals surface area contributed by atoms with Crippen LogP contribution in [0.25, 0.3) is 33.0 Å². The molecule has 0 unspecified atom stereocenters. The van der Waals surface area contributed by atoms with Gasteiger partial charge >= 0.3 is 5.69 Å². The molecule has 0 bridgehead atoms. The number of benzene rings is 2. The van der Waals surface area contributed by atoms with E-state index in [0.29, 0.717) is 35.3 Å². The highest BCUT2D eigenvalue weighted by atomic mass is 19.1. The second-order valence-electron chi connectivity index (χ2n) is 9.31. The van der Waals surface area contributed by atoms with Gasteiger partial charge in [0.1, 0.15) is 17.7 Å². The van der Waals surface area contributed by atoms with Crippen molar-refractivity contribution in [3.05, 3.63) is 82.0 Å². The Labute approximate surface area is 215 Å². The van der Waals surface area contributed by atoms with Crippen LogP contribution in [0.1, 0.15) is 18.0 Å². The van der Waals surface area contributed by atoms with E-state index in [0.717, 1.165) is 12.1 Å². The van der Waals surface area contributed by atoms with Crippen LogP contribution in [0.5, 0.6) is 5.75 Å². The van der Waals surface area contributed by atoms with Gasteiger partial charge in [0.05, 0.1) is 42.0 Å². The van der Waals surface area contributed by atoms with Crippen molar-refractivity contribution < 1.29 is 13.5 Å². The van der Waals surface area contributed by atoms with Crippen LogP contribution in [0.2, 0.25) is 0 Å². The van der Waals surface area contributed by atoms with Gasteiger partial charge in [-0.25, -0.2) is 28.4 Å². The molecule has 1 atom stereocenters. The summed E-state index contributed by atoms with van der Waals surface area (Å²) in [5, 5.41) is 0. The molecule has 10 nitrogen and oxygen atoms in total. The molecule has 0 fully saturated rings. The van der Waals surface area contributed by atoms with Gasteiger partial charge in [0, 0.05) is 19.5 Å². The van der Waals surface area contributed by atoms with Gasteiger partial charge < -0.3 is 9.64 Å². The summed E-state index contributed by atoms with van der Waals surface area (Å²) in [6.45, 7) is 8.36. The molecule has 2 aromatic carbocycles. The second-order valence-corrected chi connectivity index (χ2v) is 9.31. The monoisotopic (exact) mass is 516 g/mol. The van der Waals surface area contributed by atoms with E-state index in [1.165, 1.54) is 4.57 Å². The Bertz CT molecular complexity index is 1810. The van der Waals surface area contributed by atoms with Gasteiger partial charge in [0.25, 0.3) is 0 Å². The summed E-state index contributed by atoms with van der Waals surface area (Å²) in [4.78, 5) is 32.9. The van der Waals surface area contributed by atoms with Gasteiger partial charge in [-0.1, -0.05) is 6.07 Å². The normalized spacial score (nSPS) is 15.1. The highest BCUT2D eigenvalue weighted by Gasteiger charge is 2.33. The predicted molar refractivity (Wildman–Crippen MR) is 136 cm³/mol. The van der Waals surface area contributed by atoms with Gasteiger partial charge in [-0.15, -0.1) is 0 Å². The lowest BCUT2D eigenvalue weighted by Crippen LogP contribution is -2.33. The van der Waals surface area contributed by atoms with Gasteiger partial charge in [0.15, 0.2) is 22.9 Å². The van der Waals surface area contributed by atoms with E-state index in [4.69, 9.17) is 16.3 Å². The molecule has 4 heterocycles. The van der Waals surface area contributed by atoms with Crippen molar-refractivity contribution in [1.82, 2.24) is 33.6 Å². The Morgan fingerprint density at radius 2 is 1.97 bits per heavy atom. The Morgan fingerprint density at radius 3 is 2.76 bits per heavy atom. The van der Waals surface area contributed by atoms with Crippen LogP contribution in [-0.4, -0.2) is 60.8 Å². The van der Waals surface area contributed by atoms with Crippen LogP contribution in [0.4, 0.5) is 14.5 Å². The number of aromatic nitrogens is 6. The maximum absolute atomic E-state index is 15.1. The third-order valence-electron chi connectivity index (χ3n) is 6.72. The maximum atomic E-state index is 15.1. The lowest BCUT2D eigenvalue weighted by Gasteiger charge is -2.27. The molecular weight excluding hydrogens is 494 g/mol. The number of fused-ring (bicyclic) bond motifs is 3. The highest BCUT2D eigenvalue weighted by Crippen LogP contribution is 2.39. The van der Waals surface area contributed by atoms with E-state index in [9.17, 15) is 9.18 Å². The van der Waals surface area contributed by atoms with Crippen molar-refractivity contribution >= 4 is 27.9 Å². The molecule has 1 aliphatic rings. The molecule has 192 valence electrons. The average molecular weight is 517 g/mol. The number of nitrogens with zero attached hydrogens (tertiary/aromatic N) is 8. The third kappa shape index (κ3) is 3.71. The zero-order valence-corrected chi connectivity index (χ0v) is 20.6. The third-order valence-corrected chi connectivity index (χ3v) is 6.72. The zero-order valence-electron chi connectivity index (χ0n) is 20.6. The fourth-order valence-corrected chi connectivity index (χ4v) is 4.87. The number of hydrogen-bond donors (Lipinski definition) is 0. The van der Waals surface area contributed by atoms with E-state index in [1.807, 2.05) is 19.0 Å². The van der Waals surface area contributed by atoms with Gasteiger partial charge in [-0.2, -0.15) is 4.98 Å². The van der Waals surface area contributed by atoms with Crippen molar-refractivity contribution in [3.8, 4) is 11.7 Å². The number of halogens is 2. The summed E-state index contributed by atoms with van der Waals surface area (Å²) in [5.41, 5.74) is 2.05. The van der Waals surface area contributed by atoms with E-state index in [-0.39, 0.29) is 35.9 Å². The molecule has 0 radical (unpaired) electrons. The molecule has 3 aromatic heterocycles. The van der Waals surface area contributed by atoms with Gasteiger partial charge in [0.2, 0.25) is 5.95 Å². The first-order valence-corrected chi connectivity index (χ1v) is 12.0. The van der Waals surface area contributed by atoms with Gasteiger partial charge in [-0.05, 0) is 38.4 Å². The first-order chi connectivity index (χ1) is 18.4.